The Hall–Kier alpha value is -4.46. The number of allylic oxidation sites excluding steroid dienone is 2. The van der Waals surface area contributed by atoms with E-state index < -0.39 is 0 Å². The van der Waals surface area contributed by atoms with Crippen molar-refractivity contribution in [3.63, 3.8) is 0 Å². The molecular formula is C48H44N2Zr. The van der Waals surface area contributed by atoms with Gasteiger partial charge in [-0.3, -0.25) is 22.1 Å². The Kier molecular flexibility index (Phi) is 10.7. The number of rotatable bonds is 4. The van der Waals surface area contributed by atoms with Crippen molar-refractivity contribution >= 4 is 12.2 Å². The Labute approximate surface area is 323 Å². The second kappa shape index (κ2) is 15.0. The Morgan fingerprint density at radius 3 is 1.18 bits per heavy atom. The largest absolute Gasteiger partial charge is 2.00 e. The molecule has 0 amide bonds. The Balaban J connectivity index is 0.000000172. The monoisotopic (exact) mass is 738 g/mol. The van der Waals surface area contributed by atoms with Crippen molar-refractivity contribution in [2.45, 2.75) is 64.2 Å². The summed E-state index contributed by atoms with van der Waals surface area (Å²) in [4.78, 5) is 9.04. The molecule has 2 unspecified atom stereocenters. The van der Waals surface area contributed by atoms with Gasteiger partial charge in [0.1, 0.15) is 0 Å². The zero-order valence-corrected chi connectivity index (χ0v) is 32.9. The molecule has 2 aliphatic rings. The van der Waals surface area contributed by atoms with Crippen molar-refractivity contribution in [2.75, 3.05) is 0 Å². The van der Waals surface area contributed by atoms with E-state index in [0.717, 1.165) is 11.4 Å². The van der Waals surface area contributed by atoms with E-state index in [4.69, 9.17) is 0 Å². The fourth-order valence-electron chi connectivity index (χ4n) is 6.89. The van der Waals surface area contributed by atoms with Crippen LogP contribution >= 0.6 is 0 Å². The molecule has 0 aliphatic heterocycles. The van der Waals surface area contributed by atoms with Crippen LogP contribution < -0.4 is 0 Å². The van der Waals surface area contributed by atoms with E-state index in [1.807, 2.05) is 36.7 Å². The Bertz CT molecular complexity index is 1990. The van der Waals surface area contributed by atoms with Gasteiger partial charge in [-0.15, -0.1) is 11.1 Å². The number of hydrogen-bond donors (Lipinski definition) is 0. The van der Waals surface area contributed by atoms with Gasteiger partial charge in [-0.1, -0.05) is 150 Å². The summed E-state index contributed by atoms with van der Waals surface area (Å²) >= 11 is 0. The first-order valence-corrected chi connectivity index (χ1v) is 17.6. The average molecular weight is 740 g/mol. The van der Waals surface area contributed by atoms with Gasteiger partial charge < -0.3 is 0 Å². The summed E-state index contributed by atoms with van der Waals surface area (Å²) < 4.78 is 0. The van der Waals surface area contributed by atoms with E-state index >= 15 is 0 Å². The number of pyridine rings is 2. The average Bonchev–Trinajstić information content (AvgIpc) is 3.77. The third kappa shape index (κ3) is 7.75. The summed E-state index contributed by atoms with van der Waals surface area (Å²) in [6.07, 6.45) is 14.9. The van der Waals surface area contributed by atoms with Crippen LogP contribution in [0.15, 0.2) is 134 Å². The van der Waals surface area contributed by atoms with Crippen LogP contribution in [-0.2, 0) is 37.0 Å². The SMILES string of the molecule is CC(C)(C)c1ccc(-c2cccc3c2C=[C-]C3c2ccccn2)cc1.CC(C)(C)c1ccc(-c2cccc3c2C=[C-]C3c2ccccn2)cc1.[Zr+2]. The van der Waals surface area contributed by atoms with Crippen LogP contribution in [0.25, 0.3) is 34.4 Å². The minimum Gasteiger partial charge on any atom is -0.262 e. The van der Waals surface area contributed by atoms with E-state index in [-0.39, 0.29) is 48.9 Å². The molecule has 2 aliphatic carbocycles. The summed E-state index contributed by atoms with van der Waals surface area (Å²) in [5.41, 5.74) is 15.3. The molecule has 3 heteroatoms. The van der Waals surface area contributed by atoms with Gasteiger partial charge in [0, 0.05) is 23.8 Å². The van der Waals surface area contributed by atoms with E-state index in [1.165, 1.54) is 55.6 Å². The van der Waals surface area contributed by atoms with Gasteiger partial charge in [-0.05, 0) is 69.2 Å². The van der Waals surface area contributed by atoms with Gasteiger partial charge in [0.15, 0.2) is 0 Å². The molecule has 0 bridgehead atoms. The predicted molar refractivity (Wildman–Crippen MR) is 209 cm³/mol. The molecule has 250 valence electrons. The molecule has 0 N–H and O–H groups in total. The first-order valence-electron chi connectivity index (χ1n) is 17.6. The summed E-state index contributed by atoms with van der Waals surface area (Å²) in [6.45, 7) is 13.5. The minimum absolute atomic E-state index is 0. The molecule has 0 fully saturated rings. The number of hydrogen-bond acceptors (Lipinski definition) is 2. The molecule has 2 aromatic heterocycles. The van der Waals surface area contributed by atoms with Crippen LogP contribution in [0.4, 0.5) is 0 Å². The molecule has 2 heterocycles. The summed E-state index contributed by atoms with van der Waals surface area (Å²) in [5, 5.41) is 0. The third-order valence-corrected chi connectivity index (χ3v) is 9.78. The molecule has 8 rings (SSSR count). The molecule has 0 spiro atoms. The van der Waals surface area contributed by atoms with Crippen LogP contribution in [0.2, 0.25) is 0 Å². The van der Waals surface area contributed by atoms with Crippen LogP contribution in [0.3, 0.4) is 0 Å². The zero-order valence-electron chi connectivity index (χ0n) is 30.4. The first-order chi connectivity index (χ1) is 24.1. The van der Waals surface area contributed by atoms with Crippen LogP contribution in [0.5, 0.6) is 0 Å². The normalized spacial score (nSPS) is 15.7. The molecule has 6 aromatic rings. The van der Waals surface area contributed by atoms with Gasteiger partial charge >= 0.3 is 26.2 Å². The zero-order chi connectivity index (χ0) is 34.9. The van der Waals surface area contributed by atoms with Crippen LogP contribution in [0, 0.1) is 12.2 Å². The molecular weight excluding hydrogens is 696 g/mol. The van der Waals surface area contributed by atoms with Gasteiger partial charge in [-0.2, -0.15) is 11.1 Å². The fourth-order valence-corrected chi connectivity index (χ4v) is 6.89. The number of fused-ring (bicyclic) bond motifs is 2. The topological polar surface area (TPSA) is 25.8 Å². The molecule has 2 atom stereocenters. The van der Waals surface area contributed by atoms with Gasteiger partial charge in [0.2, 0.25) is 0 Å². The fraction of sp³-hybridized carbons (Fsp3) is 0.208. The summed E-state index contributed by atoms with van der Waals surface area (Å²) in [6, 6.07) is 43.1. The maximum absolute atomic E-state index is 4.52. The van der Waals surface area contributed by atoms with Crippen molar-refractivity contribution in [1.82, 2.24) is 9.97 Å². The van der Waals surface area contributed by atoms with Crippen molar-refractivity contribution < 1.29 is 26.2 Å². The standard InChI is InChI=1S/2C24H22N.Zr/c2*1-24(2,3)18-12-10-17(11-13-18)19-7-6-8-20-21(19)14-15-22(20)23-9-4-5-16-25-23;/h2*4-14,16,22H,1-3H3;/q2*-1;+2. The van der Waals surface area contributed by atoms with Gasteiger partial charge in [0.05, 0.1) is 0 Å². The molecule has 4 aromatic carbocycles. The van der Waals surface area contributed by atoms with E-state index in [9.17, 15) is 0 Å². The minimum atomic E-state index is 0. The summed E-state index contributed by atoms with van der Waals surface area (Å²) in [5.74, 6) is 0.259. The van der Waals surface area contributed by atoms with Crippen molar-refractivity contribution in [2.24, 2.45) is 0 Å². The van der Waals surface area contributed by atoms with Crippen molar-refractivity contribution in [3.8, 4) is 22.3 Å². The van der Waals surface area contributed by atoms with Crippen molar-refractivity contribution in [3.05, 3.63) is 191 Å². The smallest absolute Gasteiger partial charge is 0.262 e. The van der Waals surface area contributed by atoms with Gasteiger partial charge in [-0.25, -0.2) is 12.2 Å². The second-order valence-electron chi connectivity index (χ2n) is 15.3. The number of aromatic nitrogens is 2. The first kappa shape index (κ1) is 36.3. The van der Waals surface area contributed by atoms with Gasteiger partial charge in [0.25, 0.3) is 0 Å². The maximum Gasteiger partial charge on any atom is 2.00 e. The molecule has 0 saturated heterocycles. The Morgan fingerprint density at radius 2 is 0.843 bits per heavy atom. The maximum atomic E-state index is 4.52. The van der Waals surface area contributed by atoms with Crippen LogP contribution in [-0.4, -0.2) is 9.97 Å². The molecule has 2 nitrogen and oxygen atoms in total. The molecule has 0 saturated carbocycles. The van der Waals surface area contributed by atoms with Crippen molar-refractivity contribution in [1.29, 1.82) is 0 Å². The number of benzene rings is 4. The van der Waals surface area contributed by atoms with E-state index in [1.54, 1.807) is 0 Å². The summed E-state index contributed by atoms with van der Waals surface area (Å²) in [7, 11) is 0. The number of nitrogens with zero attached hydrogens (tertiary/aromatic N) is 2. The van der Waals surface area contributed by atoms with Crippen LogP contribution in [0.1, 0.15) is 98.1 Å². The predicted octanol–water partition coefficient (Wildman–Crippen LogP) is 12.0. The quantitative estimate of drug-likeness (QED) is 0.168. The van der Waals surface area contributed by atoms with E-state index in [0.29, 0.717) is 0 Å². The Morgan fingerprint density at radius 1 is 0.451 bits per heavy atom. The second-order valence-corrected chi connectivity index (χ2v) is 15.3. The third-order valence-electron chi connectivity index (χ3n) is 9.78. The molecule has 51 heavy (non-hydrogen) atoms. The molecule has 0 radical (unpaired) electrons. The van der Waals surface area contributed by atoms with E-state index in [2.05, 4.69) is 173 Å².